The van der Waals surface area contributed by atoms with Crippen LogP contribution in [0.2, 0.25) is 0 Å². The van der Waals surface area contributed by atoms with E-state index in [9.17, 15) is 13.6 Å². The van der Waals surface area contributed by atoms with E-state index in [0.717, 1.165) is 11.3 Å². The number of thiazole rings is 1. The smallest absolute Gasteiger partial charge is 0.387 e. The minimum atomic E-state index is -3.00. The van der Waals surface area contributed by atoms with E-state index in [1.54, 1.807) is 6.07 Å². The maximum Gasteiger partial charge on any atom is 0.387 e. The zero-order valence-electron chi connectivity index (χ0n) is 12.3. The van der Waals surface area contributed by atoms with Gasteiger partial charge in [-0.3, -0.25) is 10.1 Å². The van der Waals surface area contributed by atoms with Crippen LogP contribution in [0.5, 0.6) is 5.75 Å². The number of halogens is 2. The monoisotopic (exact) mass is 346 g/mol. The molecule has 0 fully saturated rings. The Labute approximate surface area is 140 Å². The first-order chi connectivity index (χ1) is 11.6. The third-order valence-corrected chi connectivity index (χ3v) is 3.90. The number of aromatic nitrogens is 1. The normalized spacial score (nSPS) is 10.6. The fourth-order valence-corrected chi connectivity index (χ4v) is 2.80. The minimum absolute atomic E-state index is 0.0225. The summed E-state index contributed by atoms with van der Waals surface area (Å²) < 4.78 is 29.2. The molecule has 0 aliphatic carbocycles. The van der Waals surface area contributed by atoms with Gasteiger partial charge in [0.15, 0.2) is 5.13 Å². The number of rotatable bonds is 5. The highest BCUT2D eigenvalue weighted by molar-refractivity contribution is 7.14. The quantitative estimate of drug-likeness (QED) is 0.731. The number of carbonyl (C=O) groups is 1. The van der Waals surface area contributed by atoms with E-state index in [-0.39, 0.29) is 11.3 Å². The van der Waals surface area contributed by atoms with E-state index in [0.29, 0.717) is 5.13 Å². The molecule has 0 aliphatic heterocycles. The van der Waals surface area contributed by atoms with Gasteiger partial charge in [-0.2, -0.15) is 8.78 Å². The molecule has 3 rings (SSSR count). The van der Waals surface area contributed by atoms with Crippen molar-refractivity contribution in [2.24, 2.45) is 0 Å². The molecule has 0 bridgehead atoms. The van der Waals surface area contributed by atoms with Gasteiger partial charge in [-0.25, -0.2) is 4.98 Å². The summed E-state index contributed by atoms with van der Waals surface area (Å²) >= 11 is 1.26. The topological polar surface area (TPSA) is 51.2 Å². The average molecular weight is 346 g/mol. The van der Waals surface area contributed by atoms with Crippen LogP contribution in [-0.4, -0.2) is 17.5 Å². The Morgan fingerprint density at radius 2 is 1.79 bits per heavy atom. The van der Waals surface area contributed by atoms with Crippen LogP contribution >= 0.6 is 11.3 Å². The third-order valence-electron chi connectivity index (χ3n) is 3.14. The van der Waals surface area contributed by atoms with Crippen molar-refractivity contribution >= 4 is 22.4 Å². The van der Waals surface area contributed by atoms with Crippen molar-refractivity contribution in [2.45, 2.75) is 6.61 Å². The fraction of sp³-hybridized carbons (Fsp3) is 0.0588. The molecule has 0 saturated carbocycles. The van der Waals surface area contributed by atoms with Crippen molar-refractivity contribution in [3.8, 4) is 17.0 Å². The molecule has 0 saturated heterocycles. The second-order valence-electron chi connectivity index (χ2n) is 4.73. The van der Waals surface area contributed by atoms with Crippen LogP contribution in [0, 0.1) is 0 Å². The standard InChI is InChI=1S/C17H12F2N2O2S/c18-16(19)23-14-9-5-4-8-12(14)15(22)21-17-20-13(10-24-17)11-6-2-1-3-7-11/h1-10,16H,(H,20,21,22). The van der Waals surface area contributed by atoms with Crippen molar-refractivity contribution in [3.63, 3.8) is 0 Å². The molecular formula is C17H12F2N2O2S. The summed E-state index contributed by atoms with van der Waals surface area (Å²) in [7, 11) is 0. The van der Waals surface area contributed by atoms with Crippen LogP contribution in [0.15, 0.2) is 60.0 Å². The van der Waals surface area contributed by atoms with E-state index in [1.165, 1.54) is 29.5 Å². The maximum atomic E-state index is 12.4. The molecular weight excluding hydrogens is 334 g/mol. The summed E-state index contributed by atoms with van der Waals surface area (Å²) in [6.45, 7) is -3.00. The Kier molecular flexibility index (Phi) is 4.81. The molecule has 1 aromatic heterocycles. The lowest BCUT2D eigenvalue weighted by molar-refractivity contribution is -0.0501. The molecule has 7 heteroatoms. The molecule has 122 valence electrons. The Morgan fingerprint density at radius 3 is 2.54 bits per heavy atom. The Morgan fingerprint density at radius 1 is 1.08 bits per heavy atom. The van der Waals surface area contributed by atoms with E-state index < -0.39 is 12.5 Å². The number of para-hydroxylation sites is 1. The van der Waals surface area contributed by atoms with Gasteiger partial charge < -0.3 is 4.74 Å². The Balaban J connectivity index is 1.78. The third kappa shape index (κ3) is 3.75. The van der Waals surface area contributed by atoms with Crippen LogP contribution in [0.4, 0.5) is 13.9 Å². The van der Waals surface area contributed by atoms with Crippen LogP contribution < -0.4 is 10.1 Å². The molecule has 1 N–H and O–H groups in total. The van der Waals surface area contributed by atoms with E-state index in [2.05, 4.69) is 15.0 Å². The van der Waals surface area contributed by atoms with Crippen LogP contribution in [0.1, 0.15) is 10.4 Å². The Hall–Kier alpha value is -2.80. The summed E-state index contributed by atoms with van der Waals surface area (Å²) in [6, 6.07) is 15.3. The first-order valence-corrected chi connectivity index (χ1v) is 7.87. The zero-order valence-corrected chi connectivity index (χ0v) is 13.1. The van der Waals surface area contributed by atoms with E-state index in [1.807, 2.05) is 35.7 Å². The number of hydrogen-bond donors (Lipinski definition) is 1. The van der Waals surface area contributed by atoms with Gasteiger partial charge in [-0.05, 0) is 12.1 Å². The number of benzene rings is 2. The predicted molar refractivity (Wildman–Crippen MR) is 88.6 cm³/mol. The first kappa shape index (κ1) is 16.1. The predicted octanol–water partition coefficient (Wildman–Crippen LogP) is 4.66. The van der Waals surface area contributed by atoms with E-state index >= 15 is 0 Å². The van der Waals surface area contributed by atoms with Crippen molar-refractivity contribution in [3.05, 3.63) is 65.5 Å². The molecule has 2 aromatic carbocycles. The second-order valence-corrected chi connectivity index (χ2v) is 5.59. The zero-order chi connectivity index (χ0) is 16.9. The highest BCUT2D eigenvalue weighted by atomic mass is 32.1. The van der Waals surface area contributed by atoms with Gasteiger partial charge in [0.1, 0.15) is 5.75 Å². The second kappa shape index (κ2) is 7.18. The van der Waals surface area contributed by atoms with Gasteiger partial charge in [0, 0.05) is 10.9 Å². The summed E-state index contributed by atoms with van der Waals surface area (Å²) in [6.07, 6.45) is 0. The molecule has 0 atom stereocenters. The molecule has 24 heavy (non-hydrogen) atoms. The van der Waals surface area contributed by atoms with Crippen molar-refractivity contribution < 1.29 is 18.3 Å². The highest BCUT2D eigenvalue weighted by Crippen LogP contribution is 2.26. The summed E-state index contributed by atoms with van der Waals surface area (Å²) in [4.78, 5) is 16.6. The average Bonchev–Trinajstić information content (AvgIpc) is 3.04. The maximum absolute atomic E-state index is 12.4. The molecule has 1 amide bonds. The largest absolute Gasteiger partial charge is 0.434 e. The first-order valence-electron chi connectivity index (χ1n) is 6.99. The number of carbonyl (C=O) groups excluding carboxylic acids is 1. The lowest BCUT2D eigenvalue weighted by Crippen LogP contribution is -2.14. The fourth-order valence-electron chi connectivity index (χ4n) is 2.09. The minimum Gasteiger partial charge on any atom is -0.434 e. The SMILES string of the molecule is O=C(Nc1nc(-c2ccccc2)cs1)c1ccccc1OC(F)F. The number of nitrogens with zero attached hydrogens (tertiary/aromatic N) is 1. The summed E-state index contributed by atoms with van der Waals surface area (Å²) in [5, 5.41) is 4.80. The number of ether oxygens (including phenoxy) is 1. The number of nitrogens with one attached hydrogen (secondary N) is 1. The lowest BCUT2D eigenvalue weighted by atomic mass is 10.2. The van der Waals surface area contributed by atoms with Gasteiger partial charge in [0.05, 0.1) is 11.3 Å². The summed E-state index contributed by atoms with van der Waals surface area (Å²) in [5.41, 5.74) is 1.68. The van der Waals surface area contributed by atoms with Gasteiger partial charge >= 0.3 is 6.61 Å². The lowest BCUT2D eigenvalue weighted by Gasteiger charge is -2.09. The molecule has 4 nitrogen and oxygen atoms in total. The summed E-state index contributed by atoms with van der Waals surface area (Å²) in [5.74, 6) is -0.731. The molecule has 0 radical (unpaired) electrons. The van der Waals surface area contributed by atoms with Gasteiger partial charge in [-0.1, -0.05) is 42.5 Å². The van der Waals surface area contributed by atoms with Gasteiger partial charge in [-0.15, -0.1) is 11.3 Å². The van der Waals surface area contributed by atoms with Gasteiger partial charge in [0.25, 0.3) is 5.91 Å². The molecule has 0 aliphatic rings. The van der Waals surface area contributed by atoms with Crippen molar-refractivity contribution in [1.29, 1.82) is 0 Å². The van der Waals surface area contributed by atoms with Gasteiger partial charge in [0.2, 0.25) is 0 Å². The number of alkyl halides is 2. The van der Waals surface area contributed by atoms with Crippen molar-refractivity contribution in [2.75, 3.05) is 5.32 Å². The number of amides is 1. The molecule has 0 spiro atoms. The Bertz CT molecular complexity index is 837. The van der Waals surface area contributed by atoms with Crippen molar-refractivity contribution in [1.82, 2.24) is 4.98 Å². The molecule has 1 heterocycles. The van der Waals surface area contributed by atoms with Crippen LogP contribution in [-0.2, 0) is 0 Å². The molecule has 3 aromatic rings. The van der Waals surface area contributed by atoms with Crippen LogP contribution in [0.3, 0.4) is 0 Å². The van der Waals surface area contributed by atoms with E-state index in [4.69, 9.17) is 0 Å². The highest BCUT2D eigenvalue weighted by Gasteiger charge is 2.16. The number of anilines is 1. The van der Waals surface area contributed by atoms with Crippen LogP contribution in [0.25, 0.3) is 11.3 Å². The number of hydrogen-bond acceptors (Lipinski definition) is 4. The molecule has 0 unspecified atom stereocenters.